The summed E-state index contributed by atoms with van der Waals surface area (Å²) in [4.78, 5) is 58.9. The van der Waals surface area contributed by atoms with Gasteiger partial charge in [-0.3, -0.25) is 24.2 Å². The van der Waals surface area contributed by atoms with Gasteiger partial charge in [0, 0.05) is 55.5 Å². The van der Waals surface area contributed by atoms with Gasteiger partial charge in [-0.15, -0.1) is 0 Å². The number of hydrogen-bond donors (Lipinski definition) is 5. The first-order valence-corrected chi connectivity index (χ1v) is 17.9. The molecule has 5 N–H and O–H groups in total. The molecule has 0 aliphatic carbocycles. The van der Waals surface area contributed by atoms with E-state index in [4.69, 9.17) is 9.72 Å². The lowest BCUT2D eigenvalue weighted by atomic mass is 9.87. The van der Waals surface area contributed by atoms with Crippen molar-refractivity contribution in [3.8, 4) is 0 Å². The molecule has 1 fully saturated rings. The molecule has 0 radical (unpaired) electrons. The summed E-state index contributed by atoms with van der Waals surface area (Å²) in [5.41, 5.74) is 0.609. The van der Waals surface area contributed by atoms with Crippen molar-refractivity contribution < 1.29 is 29.0 Å². The molecule has 0 saturated carbocycles. The first-order valence-electron chi connectivity index (χ1n) is 15.6. The van der Waals surface area contributed by atoms with Crippen LogP contribution in [0.3, 0.4) is 0 Å². The van der Waals surface area contributed by atoms with Gasteiger partial charge >= 0.3 is 0 Å². The van der Waals surface area contributed by atoms with Gasteiger partial charge in [-0.05, 0) is 30.4 Å². The topological polar surface area (TPSA) is 159 Å². The Balaban J connectivity index is 1.89. The molecule has 44 heavy (non-hydrogen) atoms. The largest absolute Gasteiger partial charge is 0.394 e. The SMILES string of the molecule is CC[C@H](C)[C@@H]1NC(=O)[C@H](CC(C)C)NC(=O)C2(CCOCC2)NC(=O)CCSCc2cccc(n2)CSC[C@@H](CO)NC1=O. The third-order valence-corrected chi connectivity index (χ3v) is 10.1. The summed E-state index contributed by atoms with van der Waals surface area (Å²) in [6.07, 6.45) is 1.81. The quantitative estimate of drug-likeness (QED) is 0.322. The van der Waals surface area contributed by atoms with E-state index in [2.05, 4.69) is 21.3 Å². The lowest BCUT2D eigenvalue weighted by Crippen LogP contribution is -2.64. The highest BCUT2D eigenvalue weighted by molar-refractivity contribution is 7.98. The Hall–Kier alpha value is -2.35. The molecule has 2 bridgehead atoms. The normalized spacial score (nSPS) is 25.5. The van der Waals surface area contributed by atoms with Crippen LogP contribution in [0.1, 0.15) is 71.2 Å². The number of amides is 4. The van der Waals surface area contributed by atoms with Crippen LogP contribution in [0.15, 0.2) is 18.2 Å². The minimum atomic E-state index is -1.19. The van der Waals surface area contributed by atoms with Crippen molar-refractivity contribution in [1.29, 1.82) is 0 Å². The van der Waals surface area contributed by atoms with Crippen molar-refractivity contribution >= 4 is 47.2 Å². The second-order valence-electron chi connectivity index (χ2n) is 12.1. The Kier molecular flexibility index (Phi) is 14.7. The Morgan fingerprint density at radius 2 is 1.68 bits per heavy atom. The number of aliphatic hydroxyl groups excluding tert-OH is 1. The fourth-order valence-corrected chi connectivity index (χ4v) is 6.99. The first kappa shape index (κ1) is 36.1. The summed E-state index contributed by atoms with van der Waals surface area (Å²) in [5, 5.41) is 21.8. The number of carbonyl (C=O) groups excluding carboxylic acids is 4. The molecule has 1 aromatic heterocycles. The molecule has 1 spiro atoms. The maximum absolute atomic E-state index is 13.9. The molecular weight excluding hydrogens is 603 g/mol. The Labute approximate surface area is 269 Å². The average Bonchev–Trinajstić information content (AvgIpc) is 3.00. The molecule has 4 atom stereocenters. The van der Waals surface area contributed by atoms with Gasteiger partial charge in [-0.1, -0.05) is 40.2 Å². The molecule has 3 rings (SSSR count). The molecule has 1 aromatic rings. The van der Waals surface area contributed by atoms with Crippen molar-refractivity contribution in [2.45, 2.75) is 95.0 Å². The third-order valence-electron chi connectivity index (χ3n) is 8.01. The maximum Gasteiger partial charge on any atom is 0.246 e. The maximum atomic E-state index is 13.9. The van der Waals surface area contributed by atoms with E-state index in [-0.39, 0.29) is 36.7 Å². The number of hydrogen-bond acceptors (Lipinski definition) is 9. The minimum Gasteiger partial charge on any atom is -0.394 e. The van der Waals surface area contributed by atoms with Gasteiger partial charge < -0.3 is 31.1 Å². The van der Waals surface area contributed by atoms with Crippen molar-refractivity contribution in [3.05, 3.63) is 29.6 Å². The number of nitrogens with one attached hydrogen (secondary N) is 4. The highest BCUT2D eigenvalue weighted by Crippen LogP contribution is 2.23. The van der Waals surface area contributed by atoms with Crippen LogP contribution in [0.5, 0.6) is 0 Å². The summed E-state index contributed by atoms with van der Waals surface area (Å²) < 4.78 is 5.52. The first-order chi connectivity index (χ1) is 21.1. The zero-order valence-corrected chi connectivity index (χ0v) is 28.0. The number of rotatable bonds is 5. The average molecular weight is 652 g/mol. The van der Waals surface area contributed by atoms with E-state index in [1.165, 1.54) is 0 Å². The van der Waals surface area contributed by atoms with Gasteiger partial charge in [0.15, 0.2) is 0 Å². The molecule has 2 aliphatic heterocycles. The highest BCUT2D eigenvalue weighted by Gasteiger charge is 2.43. The molecule has 13 heteroatoms. The Morgan fingerprint density at radius 3 is 2.32 bits per heavy atom. The van der Waals surface area contributed by atoms with Crippen LogP contribution in [0, 0.1) is 11.8 Å². The summed E-state index contributed by atoms with van der Waals surface area (Å²) in [7, 11) is 0. The van der Waals surface area contributed by atoms with Crippen LogP contribution >= 0.6 is 23.5 Å². The Morgan fingerprint density at radius 1 is 1.00 bits per heavy atom. The van der Waals surface area contributed by atoms with Gasteiger partial charge in [-0.25, -0.2) is 0 Å². The summed E-state index contributed by atoms with van der Waals surface area (Å²) >= 11 is 3.15. The van der Waals surface area contributed by atoms with E-state index in [1.807, 2.05) is 45.9 Å². The van der Waals surface area contributed by atoms with Crippen LogP contribution in [-0.4, -0.2) is 88.7 Å². The van der Waals surface area contributed by atoms with E-state index >= 15 is 0 Å². The number of aromatic nitrogens is 1. The van der Waals surface area contributed by atoms with Crippen molar-refractivity contribution in [2.24, 2.45) is 11.8 Å². The zero-order chi connectivity index (χ0) is 32.1. The second kappa shape index (κ2) is 18.0. The minimum absolute atomic E-state index is 0.0718. The lowest BCUT2D eigenvalue weighted by Gasteiger charge is -2.38. The predicted octanol–water partition coefficient (Wildman–Crippen LogP) is 2.16. The summed E-state index contributed by atoms with van der Waals surface area (Å²) in [5.74, 6) is 0.671. The molecule has 246 valence electrons. The van der Waals surface area contributed by atoms with E-state index in [1.54, 1.807) is 23.5 Å². The lowest BCUT2D eigenvalue weighted by molar-refractivity contribution is -0.140. The Bertz CT molecular complexity index is 1120. The molecule has 0 aromatic carbocycles. The van der Waals surface area contributed by atoms with E-state index in [0.717, 1.165) is 11.4 Å². The number of aliphatic hydroxyl groups is 1. The fraction of sp³-hybridized carbons (Fsp3) is 0.710. The van der Waals surface area contributed by atoms with Crippen molar-refractivity contribution in [1.82, 2.24) is 26.3 Å². The van der Waals surface area contributed by atoms with Crippen LogP contribution in [0.2, 0.25) is 0 Å². The zero-order valence-electron chi connectivity index (χ0n) is 26.4. The standard InChI is InChI=1S/C31H49N5O6S2/c1-5-21(4)27-29(40)33-24(16-37)19-44-18-23-8-6-7-22(32-23)17-43-14-9-26(38)36-31(10-12-42-13-11-31)30(41)34-25(15-20(2)3)28(39)35-27/h6-8,20-21,24-25,27,37H,5,9-19H2,1-4H3,(H,33,40)(H,34,41)(H,35,39)(H,36,38)/t21-,24+,25-,27-/m0/s1. The van der Waals surface area contributed by atoms with Crippen molar-refractivity contribution in [3.63, 3.8) is 0 Å². The van der Waals surface area contributed by atoms with Crippen LogP contribution < -0.4 is 21.3 Å². The highest BCUT2D eigenvalue weighted by atomic mass is 32.2. The number of ether oxygens (including phenoxy) is 1. The molecule has 3 heterocycles. The molecular formula is C31H49N5O6S2. The third kappa shape index (κ3) is 10.9. The van der Waals surface area contributed by atoms with Gasteiger partial charge in [-0.2, -0.15) is 23.5 Å². The second-order valence-corrected chi connectivity index (χ2v) is 14.2. The van der Waals surface area contributed by atoms with Gasteiger partial charge in [0.05, 0.1) is 24.0 Å². The summed E-state index contributed by atoms with van der Waals surface area (Å²) in [6, 6.07) is 3.58. The number of pyridine rings is 1. The molecule has 4 amide bonds. The molecule has 0 unspecified atom stereocenters. The number of carbonyl (C=O) groups is 4. The van der Waals surface area contributed by atoms with Gasteiger partial charge in [0.1, 0.15) is 17.6 Å². The smallest absolute Gasteiger partial charge is 0.246 e. The summed E-state index contributed by atoms with van der Waals surface area (Å²) in [6.45, 7) is 8.12. The van der Waals surface area contributed by atoms with E-state index < -0.39 is 35.5 Å². The molecule has 2 aliphatic rings. The van der Waals surface area contributed by atoms with Crippen molar-refractivity contribution in [2.75, 3.05) is 31.3 Å². The predicted molar refractivity (Wildman–Crippen MR) is 174 cm³/mol. The number of fused-ring (bicyclic) bond motifs is 2. The van der Waals surface area contributed by atoms with Gasteiger partial charge in [0.2, 0.25) is 23.6 Å². The molecule has 11 nitrogen and oxygen atoms in total. The van der Waals surface area contributed by atoms with Crippen LogP contribution in [0.25, 0.3) is 0 Å². The fourth-order valence-electron chi connectivity index (χ4n) is 5.18. The number of nitrogens with zero attached hydrogens (tertiary/aromatic N) is 1. The van der Waals surface area contributed by atoms with Gasteiger partial charge in [0.25, 0.3) is 0 Å². The number of thioether (sulfide) groups is 2. The van der Waals surface area contributed by atoms with E-state index in [0.29, 0.717) is 61.9 Å². The van der Waals surface area contributed by atoms with Crippen LogP contribution in [-0.2, 0) is 35.4 Å². The van der Waals surface area contributed by atoms with Crippen LogP contribution in [0.4, 0.5) is 0 Å². The monoisotopic (exact) mass is 651 g/mol. The molecule has 1 saturated heterocycles. The van der Waals surface area contributed by atoms with E-state index in [9.17, 15) is 24.3 Å².